The summed E-state index contributed by atoms with van der Waals surface area (Å²) in [5.74, 6) is 0.986. The Balaban J connectivity index is 2.03. The summed E-state index contributed by atoms with van der Waals surface area (Å²) in [6.45, 7) is 0. The van der Waals surface area contributed by atoms with Crippen molar-refractivity contribution in [3.05, 3.63) is 36.7 Å². The van der Waals surface area contributed by atoms with Gasteiger partial charge < -0.3 is 15.0 Å². The van der Waals surface area contributed by atoms with Crippen LogP contribution in [0.15, 0.2) is 36.7 Å². The second-order valence-electron chi connectivity index (χ2n) is 3.22. The molecule has 88 valence electrons. The number of hydrogen-bond acceptors (Lipinski definition) is 3. The molecule has 2 amide bonds. The molecule has 0 saturated carbocycles. The molecule has 0 saturated heterocycles. The summed E-state index contributed by atoms with van der Waals surface area (Å²) >= 11 is 0. The minimum Gasteiger partial charge on any atom is -0.495 e. The van der Waals surface area contributed by atoms with Crippen molar-refractivity contribution < 1.29 is 9.53 Å². The summed E-state index contributed by atoms with van der Waals surface area (Å²) in [7, 11) is 1.55. The fourth-order valence-corrected chi connectivity index (χ4v) is 1.34. The SMILES string of the molecule is COc1ccccc1NC(=O)Nc1ncc[nH]1. The van der Waals surface area contributed by atoms with Gasteiger partial charge >= 0.3 is 6.03 Å². The molecule has 0 fully saturated rings. The highest BCUT2D eigenvalue weighted by Gasteiger charge is 2.07. The average molecular weight is 232 g/mol. The van der Waals surface area contributed by atoms with E-state index in [1.807, 2.05) is 12.1 Å². The third-order valence-electron chi connectivity index (χ3n) is 2.09. The molecule has 3 N–H and O–H groups in total. The number of amides is 2. The molecule has 0 bridgehead atoms. The van der Waals surface area contributed by atoms with Crippen molar-refractivity contribution in [1.29, 1.82) is 0 Å². The fourth-order valence-electron chi connectivity index (χ4n) is 1.34. The number of aromatic nitrogens is 2. The van der Waals surface area contributed by atoms with Crippen LogP contribution < -0.4 is 15.4 Å². The molecule has 0 aliphatic rings. The molecule has 2 aromatic rings. The van der Waals surface area contributed by atoms with Crippen LogP contribution in [0.1, 0.15) is 0 Å². The van der Waals surface area contributed by atoms with Crippen molar-refractivity contribution in [2.24, 2.45) is 0 Å². The summed E-state index contributed by atoms with van der Waals surface area (Å²) in [6.07, 6.45) is 3.18. The Hall–Kier alpha value is -2.50. The molecular weight excluding hydrogens is 220 g/mol. The van der Waals surface area contributed by atoms with Gasteiger partial charge in [-0.25, -0.2) is 9.78 Å². The van der Waals surface area contributed by atoms with Gasteiger partial charge in [0.1, 0.15) is 5.75 Å². The molecule has 6 nitrogen and oxygen atoms in total. The highest BCUT2D eigenvalue weighted by Crippen LogP contribution is 2.22. The van der Waals surface area contributed by atoms with Crippen molar-refractivity contribution >= 4 is 17.7 Å². The van der Waals surface area contributed by atoms with E-state index in [4.69, 9.17) is 4.74 Å². The van der Waals surface area contributed by atoms with E-state index >= 15 is 0 Å². The van der Waals surface area contributed by atoms with Crippen molar-refractivity contribution in [1.82, 2.24) is 9.97 Å². The number of nitrogens with zero attached hydrogens (tertiary/aromatic N) is 1. The first-order valence-corrected chi connectivity index (χ1v) is 5.00. The molecule has 0 unspecified atom stereocenters. The Kier molecular flexibility index (Phi) is 3.25. The molecule has 0 spiro atoms. The van der Waals surface area contributed by atoms with Crippen LogP contribution in [-0.4, -0.2) is 23.1 Å². The lowest BCUT2D eigenvalue weighted by Crippen LogP contribution is -2.20. The number of imidazole rings is 1. The van der Waals surface area contributed by atoms with Gasteiger partial charge in [-0.3, -0.25) is 5.32 Å². The van der Waals surface area contributed by atoms with Crippen molar-refractivity contribution in [2.45, 2.75) is 0 Å². The molecule has 0 atom stereocenters. The van der Waals surface area contributed by atoms with E-state index in [1.54, 1.807) is 31.6 Å². The second kappa shape index (κ2) is 5.02. The standard InChI is InChI=1S/C11H12N4O2/c1-17-9-5-3-2-4-8(9)14-11(16)15-10-12-6-7-13-10/h2-7H,1H3,(H3,12,13,14,15,16). The largest absolute Gasteiger partial charge is 0.495 e. The van der Waals surface area contributed by atoms with Crippen LogP contribution in [0.5, 0.6) is 5.75 Å². The van der Waals surface area contributed by atoms with E-state index in [1.165, 1.54) is 0 Å². The Morgan fingerprint density at radius 3 is 2.88 bits per heavy atom. The number of nitrogens with one attached hydrogen (secondary N) is 3. The lowest BCUT2D eigenvalue weighted by atomic mass is 10.3. The van der Waals surface area contributed by atoms with Gasteiger partial charge in [-0.15, -0.1) is 0 Å². The zero-order valence-electron chi connectivity index (χ0n) is 9.23. The number of anilines is 2. The van der Waals surface area contributed by atoms with E-state index in [2.05, 4.69) is 20.6 Å². The van der Waals surface area contributed by atoms with Crippen LogP contribution in [0.3, 0.4) is 0 Å². The number of H-pyrrole nitrogens is 1. The predicted molar refractivity (Wildman–Crippen MR) is 64.2 cm³/mol. The predicted octanol–water partition coefficient (Wildman–Crippen LogP) is 2.06. The Morgan fingerprint density at radius 1 is 1.35 bits per heavy atom. The number of aromatic amines is 1. The molecule has 1 heterocycles. The molecule has 1 aromatic heterocycles. The molecule has 2 rings (SSSR count). The van der Waals surface area contributed by atoms with E-state index in [0.717, 1.165) is 0 Å². The lowest BCUT2D eigenvalue weighted by molar-refractivity contribution is 0.262. The number of rotatable bonds is 3. The molecule has 0 aliphatic heterocycles. The van der Waals surface area contributed by atoms with E-state index < -0.39 is 0 Å². The average Bonchev–Trinajstić information content (AvgIpc) is 2.82. The van der Waals surface area contributed by atoms with Crippen LogP contribution in [0, 0.1) is 0 Å². The number of hydrogen-bond donors (Lipinski definition) is 3. The van der Waals surface area contributed by atoms with Crippen molar-refractivity contribution in [3.63, 3.8) is 0 Å². The molecule has 17 heavy (non-hydrogen) atoms. The number of ether oxygens (including phenoxy) is 1. The quantitative estimate of drug-likeness (QED) is 0.757. The van der Waals surface area contributed by atoms with Gasteiger partial charge in [0.05, 0.1) is 12.8 Å². The van der Waals surface area contributed by atoms with Crippen LogP contribution in [0.2, 0.25) is 0 Å². The highest BCUT2D eigenvalue weighted by molar-refractivity contribution is 5.99. The number of methoxy groups -OCH3 is 1. The van der Waals surface area contributed by atoms with Crippen molar-refractivity contribution in [2.75, 3.05) is 17.7 Å². The third-order valence-corrected chi connectivity index (χ3v) is 2.09. The molecule has 0 radical (unpaired) electrons. The van der Waals surface area contributed by atoms with E-state index in [9.17, 15) is 4.79 Å². The van der Waals surface area contributed by atoms with Gasteiger partial charge in [0.2, 0.25) is 5.95 Å². The third kappa shape index (κ3) is 2.75. The maximum Gasteiger partial charge on any atom is 0.326 e. The van der Waals surface area contributed by atoms with Crippen molar-refractivity contribution in [3.8, 4) is 5.75 Å². The maximum atomic E-state index is 11.6. The van der Waals surface area contributed by atoms with Gasteiger partial charge in [0.25, 0.3) is 0 Å². The first-order chi connectivity index (χ1) is 8.29. The molecule has 1 aromatic carbocycles. The van der Waals surface area contributed by atoms with Gasteiger partial charge in [-0.2, -0.15) is 0 Å². The van der Waals surface area contributed by atoms with Crippen LogP contribution in [0.25, 0.3) is 0 Å². The monoisotopic (exact) mass is 232 g/mol. The summed E-state index contributed by atoms with van der Waals surface area (Å²) in [6, 6.07) is 6.77. The molecule has 6 heteroatoms. The minimum absolute atomic E-state index is 0.385. The number of urea groups is 1. The zero-order chi connectivity index (χ0) is 12.1. The number of carbonyl (C=O) groups is 1. The molecule has 0 aliphatic carbocycles. The Labute approximate surface area is 98.0 Å². The summed E-state index contributed by atoms with van der Waals surface area (Å²) < 4.78 is 5.12. The van der Waals surface area contributed by atoms with E-state index in [-0.39, 0.29) is 6.03 Å². The van der Waals surface area contributed by atoms with E-state index in [0.29, 0.717) is 17.4 Å². The summed E-state index contributed by atoms with van der Waals surface area (Å²) in [5, 5.41) is 5.21. The smallest absolute Gasteiger partial charge is 0.326 e. The van der Waals surface area contributed by atoms with Gasteiger partial charge in [-0.05, 0) is 12.1 Å². The number of para-hydroxylation sites is 2. The highest BCUT2D eigenvalue weighted by atomic mass is 16.5. The fraction of sp³-hybridized carbons (Fsp3) is 0.0909. The number of carbonyl (C=O) groups excluding carboxylic acids is 1. The Bertz CT molecular complexity index is 496. The molecular formula is C11H12N4O2. The summed E-state index contributed by atoms with van der Waals surface area (Å²) in [4.78, 5) is 18.3. The first kappa shape index (κ1) is 11.0. The van der Waals surface area contributed by atoms with Gasteiger partial charge in [-0.1, -0.05) is 12.1 Å². The van der Waals surface area contributed by atoms with Crippen LogP contribution in [-0.2, 0) is 0 Å². The lowest BCUT2D eigenvalue weighted by Gasteiger charge is -2.09. The normalized spacial score (nSPS) is 9.71. The zero-order valence-corrected chi connectivity index (χ0v) is 9.23. The van der Waals surface area contributed by atoms with Crippen LogP contribution >= 0.6 is 0 Å². The first-order valence-electron chi connectivity index (χ1n) is 5.00. The van der Waals surface area contributed by atoms with Gasteiger partial charge in [0.15, 0.2) is 0 Å². The maximum absolute atomic E-state index is 11.6. The minimum atomic E-state index is -0.385. The van der Waals surface area contributed by atoms with Crippen LogP contribution in [0.4, 0.5) is 16.4 Å². The second-order valence-corrected chi connectivity index (χ2v) is 3.22. The van der Waals surface area contributed by atoms with Gasteiger partial charge in [0, 0.05) is 12.4 Å². The summed E-state index contributed by atoms with van der Waals surface area (Å²) in [5.41, 5.74) is 0.596. The number of benzene rings is 1. The topological polar surface area (TPSA) is 79.0 Å². The Morgan fingerprint density at radius 2 is 2.18 bits per heavy atom.